The molecule has 0 saturated heterocycles. The van der Waals surface area contributed by atoms with E-state index in [0.717, 1.165) is 20.4 Å². The minimum atomic E-state index is -0.170. The Hall–Kier alpha value is -2.02. The van der Waals surface area contributed by atoms with E-state index in [9.17, 15) is 4.79 Å². The molecule has 0 spiro atoms. The number of aryl methyl sites for hydroxylation is 1. The molecule has 0 aromatic heterocycles. The molecular formula is C20H22INO3. The van der Waals surface area contributed by atoms with Gasteiger partial charge in [0.15, 0.2) is 11.5 Å². The van der Waals surface area contributed by atoms with E-state index in [2.05, 4.69) is 27.9 Å². The Labute approximate surface area is 162 Å². The molecule has 4 nitrogen and oxygen atoms in total. The highest BCUT2D eigenvalue weighted by molar-refractivity contribution is 14.1. The van der Waals surface area contributed by atoms with Gasteiger partial charge in [-0.15, -0.1) is 0 Å². The Morgan fingerprint density at radius 1 is 1.08 bits per heavy atom. The number of halogens is 1. The van der Waals surface area contributed by atoms with Crippen LogP contribution < -0.4 is 14.8 Å². The zero-order valence-electron chi connectivity index (χ0n) is 14.6. The van der Waals surface area contributed by atoms with Gasteiger partial charge in [-0.25, -0.2) is 0 Å². The standard InChI is InChI=1S/C20H22INO3/c1-4-24-18-10-6-15(13-19(18)25-5-2)7-11-20(23)22-17-9-8-16(21)12-14(17)3/h6-13H,4-5H2,1-3H3,(H,22,23). The van der Waals surface area contributed by atoms with Gasteiger partial charge in [-0.3, -0.25) is 4.79 Å². The summed E-state index contributed by atoms with van der Waals surface area (Å²) < 4.78 is 12.3. The topological polar surface area (TPSA) is 47.6 Å². The summed E-state index contributed by atoms with van der Waals surface area (Å²) in [5.41, 5.74) is 2.73. The van der Waals surface area contributed by atoms with E-state index in [1.54, 1.807) is 6.08 Å². The van der Waals surface area contributed by atoms with Crippen molar-refractivity contribution in [2.24, 2.45) is 0 Å². The third-order valence-corrected chi connectivity index (χ3v) is 4.11. The number of hydrogen-bond donors (Lipinski definition) is 1. The fourth-order valence-corrected chi connectivity index (χ4v) is 2.93. The lowest BCUT2D eigenvalue weighted by atomic mass is 10.1. The summed E-state index contributed by atoms with van der Waals surface area (Å²) in [6.45, 7) is 6.96. The van der Waals surface area contributed by atoms with Crippen LogP contribution in [0.2, 0.25) is 0 Å². The molecule has 0 aliphatic carbocycles. The maximum atomic E-state index is 12.1. The lowest BCUT2D eigenvalue weighted by molar-refractivity contribution is -0.111. The molecule has 0 unspecified atom stereocenters. The zero-order valence-corrected chi connectivity index (χ0v) is 16.8. The first-order valence-electron chi connectivity index (χ1n) is 8.18. The Morgan fingerprint density at radius 3 is 2.48 bits per heavy atom. The number of amides is 1. The summed E-state index contributed by atoms with van der Waals surface area (Å²) in [6.07, 6.45) is 3.28. The molecule has 25 heavy (non-hydrogen) atoms. The highest BCUT2D eigenvalue weighted by Gasteiger charge is 2.06. The Bertz CT molecular complexity index is 772. The quantitative estimate of drug-likeness (QED) is 0.474. The second kappa shape index (κ2) is 9.46. The van der Waals surface area contributed by atoms with E-state index in [4.69, 9.17) is 9.47 Å². The Kier molecular flexibility index (Phi) is 7.31. The first-order valence-corrected chi connectivity index (χ1v) is 9.26. The third kappa shape index (κ3) is 5.77. The number of benzene rings is 2. The minimum Gasteiger partial charge on any atom is -0.490 e. The molecule has 132 valence electrons. The maximum Gasteiger partial charge on any atom is 0.248 e. The SMILES string of the molecule is CCOc1ccc(C=CC(=O)Nc2ccc(I)cc2C)cc1OCC. The monoisotopic (exact) mass is 451 g/mol. The summed E-state index contributed by atoms with van der Waals surface area (Å²) in [5.74, 6) is 1.22. The van der Waals surface area contributed by atoms with Crippen molar-refractivity contribution in [2.75, 3.05) is 18.5 Å². The van der Waals surface area contributed by atoms with Gasteiger partial charge in [-0.1, -0.05) is 6.07 Å². The normalized spacial score (nSPS) is 10.7. The van der Waals surface area contributed by atoms with E-state index in [1.807, 2.05) is 57.2 Å². The molecular weight excluding hydrogens is 429 g/mol. The number of carbonyl (C=O) groups is 1. The van der Waals surface area contributed by atoms with Gasteiger partial charge in [0.1, 0.15) is 0 Å². The van der Waals surface area contributed by atoms with Crippen LogP contribution in [0.15, 0.2) is 42.5 Å². The number of carbonyl (C=O) groups excluding carboxylic acids is 1. The van der Waals surface area contributed by atoms with Gasteiger partial charge in [-0.2, -0.15) is 0 Å². The predicted octanol–water partition coefficient (Wildman–Crippen LogP) is 5.05. The van der Waals surface area contributed by atoms with Crippen molar-refractivity contribution in [1.29, 1.82) is 0 Å². The molecule has 0 aliphatic rings. The van der Waals surface area contributed by atoms with Crippen LogP contribution in [0.5, 0.6) is 11.5 Å². The summed E-state index contributed by atoms with van der Waals surface area (Å²) in [4.78, 5) is 12.1. The van der Waals surface area contributed by atoms with Crippen LogP contribution in [-0.4, -0.2) is 19.1 Å². The summed E-state index contributed by atoms with van der Waals surface area (Å²) >= 11 is 2.25. The molecule has 0 heterocycles. The van der Waals surface area contributed by atoms with Gasteiger partial charge in [0, 0.05) is 15.3 Å². The van der Waals surface area contributed by atoms with Crippen LogP contribution in [0.4, 0.5) is 5.69 Å². The van der Waals surface area contributed by atoms with E-state index in [1.165, 1.54) is 6.08 Å². The highest BCUT2D eigenvalue weighted by Crippen LogP contribution is 2.29. The van der Waals surface area contributed by atoms with Gasteiger partial charge in [0.25, 0.3) is 0 Å². The fourth-order valence-electron chi connectivity index (χ4n) is 2.29. The van der Waals surface area contributed by atoms with Crippen LogP contribution >= 0.6 is 22.6 Å². The van der Waals surface area contributed by atoms with Crippen molar-refractivity contribution < 1.29 is 14.3 Å². The van der Waals surface area contributed by atoms with Crippen molar-refractivity contribution >= 4 is 40.3 Å². The molecule has 2 aromatic carbocycles. The molecule has 1 amide bonds. The molecule has 0 atom stereocenters. The largest absolute Gasteiger partial charge is 0.490 e. The van der Waals surface area contributed by atoms with Crippen LogP contribution in [0, 0.1) is 10.5 Å². The first kappa shape index (κ1) is 19.3. The first-order chi connectivity index (χ1) is 12.0. The van der Waals surface area contributed by atoms with E-state index < -0.39 is 0 Å². The van der Waals surface area contributed by atoms with E-state index >= 15 is 0 Å². The smallest absolute Gasteiger partial charge is 0.248 e. The Morgan fingerprint density at radius 2 is 1.80 bits per heavy atom. The summed E-state index contributed by atoms with van der Waals surface area (Å²) in [7, 11) is 0. The minimum absolute atomic E-state index is 0.170. The van der Waals surface area contributed by atoms with Gasteiger partial charge >= 0.3 is 0 Å². The van der Waals surface area contributed by atoms with Crippen molar-refractivity contribution in [1.82, 2.24) is 0 Å². The van der Waals surface area contributed by atoms with Crippen LogP contribution in [-0.2, 0) is 4.79 Å². The summed E-state index contributed by atoms with van der Waals surface area (Å²) in [5, 5.41) is 2.89. The number of hydrogen-bond acceptors (Lipinski definition) is 3. The van der Waals surface area contributed by atoms with Crippen LogP contribution in [0.1, 0.15) is 25.0 Å². The van der Waals surface area contributed by atoms with Crippen LogP contribution in [0.25, 0.3) is 6.08 Å². The number of anilines is 1. The van der Waals surface area contributed by atoms with Crippen LogP contribution in [0.3, 0.4) is 0 Å². The third-order valence-electron chi connectivity index (χ3n) is 3.44. The molecule has 0 radical (unpaired) electrons. The lowest BCUT2D eigenvalue weighted by Gasteiger charge is -2.11. The molecule has 0 saturated carbocycles. The average Bonchev–Trinajstić information content (AvgIpc) is 2.58. The zero-order chi connectivity index (χ0) is 18.2. The number of ether oxygens (including phenoxy) is 2. The van der Waals surface area contributed by atoms with Gasteiger partial charge in [-0.05, 0) is 90.9 Å². The molecule has 0 fully saturated rings. The van der Waals surface area contributed by atoms with Crippen molar-refractivity contribution in [3.05, 3.63) is 57.2 Å². The van der Waals surface area contributed by atoms with Crippen molar-refractivity contribution in [3.8, 4) is 11.5 Å². The molecule has 2 rings (SSSR count). The fraction of sp³-hybridized carbons (Fsp3) is 0.250. The van der Waals surface area contributed by atoms with Crippen molar-refractivity contribution in [2.45, 2.75) is 20.8 Å². The maximum absolute atomic E-state index is 12.1. The predicted molar refractivity (Wildman–Crippen MR) is 110 cm³/mol. The van der Waals surface area contributed by atoms with E-state index in [-0.39, 0.29) is 5.91 Å². The molecule has 1 N–H and O–H groups in total. The summed E-state index contributed by atoms with van der Waals surface area (Å²) in [6, 6.07) is 11.5. The molecule has 5 heteroatoms. The molecule has 0 bridgehead atoms. The number of nitrogens with one attached hydrogen (secondary N) is 1. The molecule has 0 aliphatic heterocycles. The highest BCUT2D eigenvalue weighted by atomic mass is 127. The van der Waals surface area contributed by atoms with Crippen molar-refractivity contribution in [3.63, 3.8) is 0 Å². The van der Waals surface area contributed by atoms with Gasteiger partial charge in [0.05, 0.1) is 13.2 Å². The van der Waals surface area contributed by atoms with Gasteiger partial charge < -0.3 is 14.8 Å². The second-order valence-electron chi connectivity index (χ2n) is 5.35. The molecule has 2 aromatic rings. The second-order valence-corrected chi connectivity index (χ2v) is 6.60. The Balaban J connectivity index is 2.09. The lowest BCUT2D eigenvalue weighted by Crippen LogP contribution is -2.09. The average molecular weight is 451 g/mol. The van der Waals surface area contributed by atoms with E-state index in [0.29, 0.717) is 24.7 Å². The van der Waals surface area contributed by atoms with Gasteiger partial charge in [0.2, 0.25) is 5.91 Å². The number of rotatable bonds is 7.